The molecule has 0 heterocycles. The maximum Gasteiger partial charge on any atom is 0.201 e. The van der Waals surface area contributed by atoms with Gasteiger partial charge in [0.05, 0.1) is 13.2 Å². The zero-order chi connectivity index (χ0) is 34.2. The average Bonchev–Trinajstić information content (AvgIpc) is 3.10. The molecule has 2 aliphatic rings. The molecule has 0 radical (unpaired) electrons. The summed E-state index contributed by atoms with van der Waals surface area (Å²) in [5.41, 5.74) is 2.32. The van der Waals surface area contributed by atoms with Gasteiger partial charge < -0.3 is 9.47 Å². The van der Waals surface area contributed by atoms with Gasteiger partial charge in [-0.15, -0.1) is 0 Å². The summed E-state index contributed by atoms with van der Waals surface area (Å²) in [4.78, 5) is 0. The summed E-state index contributed by atoms with van der Waals surface area (Å²) in [7, 11) is 0. The van der Waals surface area contributed by atoms with Crippen molar-refractivity contribution in [2.24, 2.45) is 0 Å². The number of hydrogen-bond donors (Lipinski definition) is 0. The number of rotatable bonds is 14. The van der Waals surface area contributed by atoms with Gasteiger partial charge in [0.25, 0.3) is 0 Å². The van der Waals surface area contributed by atoms with Crippen LogP contribution >= 0.6 is 0 Å². The number of hydrogen-bond acceptors (Lipinski definition) is 2. The van der Waals surface area contributed by atoms with Crippen LogP contribution in [0.25, 0.3) is 16.7 Å². The highest BCUT2D eigenvalue weighted by atomic mass is 19.2. The highest BCUT2D eigenvalue weighted by molar-refractivity contribution is 5.79. The number of allylic oxidation sites excluding steroid dienone is 6. The first kappa shape index (κ1) is 35.4. The lowest BCUT2D eigenvalue weighted by Crippen LogP contribution is -2.10. The summed E-state index contributed by atoms with van der Waals surface area (Å²) in [6.45, 7) is 4.69. The molecule has 8 heteroatoms. The molecule has 48 heavy (non-hydrogen) atoms. The SMILES string of the molecule is CCCCCCOc1ccc(C2CC=C(c3ccc(C4=CC=C(c5ccc(OCCCC)c(F)c5F)CC4)c(F)c3F)CC2)c(F)c1F. The normalized spacial score (nSPS) is 16.3. The molecule has 0 saturated carbocycles. The Hall–Kier alpha value is -3.94. The molecule has 1 atom stereocenters. The van der Waals surface area contributed by atoms with Crippen molar-refractivity contribution in [3.8, 4) is 11.5 Å². The molecule has 3 aromatic rings. The van der Waals surface area contributed by atoms with Crippen molar-refractivity contribution in [1.82, 2.24) is 0 Å². The molecule has 0 amide bonds. The Kier molecular flexibility index (Phi) is 12.1. The van der Waals surface area contributed by atoms with E-state index in [0.717, 1.165) is 38.5 Å². The van der Waals surface area contributed by atoms with E-state index in [-0.39, 0.29) is 39.7 Å². The lowest BCUT2D eigenvalue weighted by molar-refractivity contribution is 0.284. The van der Waals surface area contributed by atoms with E-state index in [4.69, 9.17) is 9.47 Å². The van der Waals surface area contributed by atoms with Crippen molar-refractivity contribution in [1.29, 1.82) is 0 Å². The van der Waals surface area contributed by atoms with Crippen LogP contribution in [0.5, 0.6) is 11.5 Å². The largest absolute Gasteiger partial charge is 0.490 e. The van der Waals surface area contributed by atoms with Gasteiger partial charge in [0.2, 0.25) is 11.6 Å². The first-order valence-corrected chi connectivity index (χ1v) is 17.0. The van der Waals surface area contributed by atoms with E-state index in [1.54, 1.807) is 30.4 Å². The molecule has 3 aromatic carbocycles. The van der Waals surface area contributed by atoms with Crippen molar-refractivity contribution in [2.75, 3.05) is 13.2 Å². The maximum atomic E-state index is 15.5. The molecule has 0 fully saturated rings. The van der Waals surface area contributed by atoms with Crippen LogP contribution in [0.4, 0.5) is 26.3 Å². The van der Waals surface area contributed by atoms with Crippen LogP contribution in [0.15, 0.2) is 54.6 Å². The predicted molar refractivity (Wildman–Crippen MR) is 179 cm³/mol. The second-order valence-corrected chi connectivity index (χ2v) is 12.5. The predicted octanol–water partition coefficient (Wildman–Crippen LogP) is 12.3. The number of unbranched alkanes of at least 4 members (excludes halogenated alkanes) is 4. The third kappa shape index (κ3) is 7.85. The van der Waals surface area contributed by atoms with E-state index in [1.165, 1.54) is 24.3 Å². The standard InChI is InChI=1S/C40H42F6O2/c1-3-5-7-8-24-48-34-22-20-32(38(44)40(34)46)28-15-11-26(12-16-28)30-18-17-29(35(41)36(30)42)25-9-13-27(14-10-25)31-19-21-33(39(45)37(31)43)47-23-6-4-2/h9,11,13,17-22,28H,3-8,10,12,14-16,23-24H2,1-2H3. The second-order valence-electron chi connectivity index (χ2n) is 12.5. The summed E-state index contributed by atoms with van der Waals surface area (Å²) >= 11 is 0. The lowest BCUT2D eigenvalue weighted by atomic mass is 9.81. The molecule has 0 N–H and O–H groups in total. The quantitative estimate of drug-likeness (QED) is 0.126. The average molecular weight is 669 g/mol. The maximum absolute atomic E-state index is 15.5. The van der Waals surface area contributed by atoms with E-state index in [2.05, 4.69) is 6.92 Å². The Bertz CT molecular complexity index is 1710. The van der Waals surface area contributed by atoms with Gasteiger partial charge in [-0.05, 0) is 91.3 Å². The summed E-state index contributed by atoms with van der Waals surface area (Å²) < 4.78 is 101. The van der Waals surface area contributed by atoms with Gasteiger partial charge in [0.15, 0.2) is 34.8 Å². The molecule has 0 bridgehead atoms. The smallest absolute Gasteiger partial charge is 0.201 e. The highest BCUT2D eigenvalue weighted by Crippen LogP contribution is 2.41. The summed E-state index contributed by atoms with van der Waals surface area (Å²) in [5.74, 6) is -6.45. The molecular weight excluding hydrogens is 626 g/mol. The minimum Gasteiger partial charge on any atom is -0.490 e. The zero-order valence-corrected chi connectivity index (χ0v) is 27.6. The minimum absolute atomic E-state index is 0.0970. The van der Waals surface area contributed by atoms with E-state index in [0.29, 0.717) is 62.0 Å². The van der Waals surface area contributed by atoms with Crippen molar-refractivity contribution in [3.05, 3.63) is 112 Å². The second kappa shape index (κ2) is 16.4. The van der Waals surface area contributed by atoms with Gasteiger partial charge in [-0.1, -0.05) is 76.0 Å². The summed E-state index contributed by atoms with van der Waals surface area (Å²) in [6, 6.07) is 8.98. The van der Waals surface area contributed by atoms with Crippen LogP contribution in [0.2, 0.25) is 0 Å². The van der Waals surface area contributed by atoms with Crippen LogP contribution in [0.1, 0.15) is 113 Å². The fourth-order valence-electron chi connectivity index (χ4n) is 6.39. The summed E-state index contributed by atoms with van der Waals surface area (Å²) in [5, 5.41) is 0. The van der Waals surface area contributed by atoms with Gasteiger partial charge in [-0.3, -0.25) is 0 Å². The molecule has 0 spiro atoms. The van der Waals surface area contributed by atoms with Crippen LogP contribution in [-0.4, -0.2) is 13.2 Å². The van der Waals surface area contributed by atoms with Gasteiger partial charge in [-0.25, -0.2) is 17.6 Å². The van der Waals surface area contributed by atoms with Gasteiger partial charge >= 0.3 is 0 Å². The van der Waals surface area contributed by atoms with Crippen LogP contribution in [0.3, 0.4) is 0 Å². The van der Waals surface area contributed by atoms with Gasteiger partial charge in [-0.2, -0.15) is 8.78 Å². The van der Waals surface area contributed by atoms with Gasteiger partial charge in [0.1, 0.15) is 0 Å². The fraction of sp³-hybridized carbons (Fsp3) is 0.400. The Labute approximate surface area is 279 Å². The lowest BCUT2D eigenvalue weighted by Gasteiger charge is -2.24. The van der Waals surface area contributed by atoms with E-state index < -0.39 is 34.9 Å². The van der Waals surface area contributed by atoms with E-state index in [9.17, 15) is 13.2 Å². The number of benzene rings is 3. The van der Waals surface area contributed by atoms with Crippen molar-refractivity contribution in [3.63, 3.8) is 0 Å². The number of ether oxygens (including phenoxy) is 2. The third-order valence-corrected chi connectivity index (χ3v) is 9.25. The van der Waals surface area contributed by atoms with Crippen molar-refractivity contribution < 1.29 is 35.8 Å². The zero-order valence-electron chi connectivity index (χ0n) is 27.6. The van der Waals surface area contributed by atoms with Gasteiger partial charge in [0, 0.05) is 16.7 Å². The fourth-order valence-corrected chi connectivity index (χ4v) is 6.39. The Morgan fingerprint density at radius 3 is 1.62 bits per heavy atom. The summed E-state index contributed by atoms with van der Waals surface area (Å²) in [6.07, 6.45) is 12.3. The Morgan fingerprint density at radius 2 is 1.06 bits per heavy atom. The van der Waals surface area contributed by atoms with Crippen molar-refractivity contribution >= 4 is 16.7 Å². The molecule has 0 saturated heterocycles. The van der Waals surface area contributed by atoms with Crippen LogP contribution < -0.4 is 9.47 Å². The molecule has 256 valence electrons. The first-order chi connectivity index (χ1) is 23.2. The monoisotopic (exact) mass is 668 g/mol. The topological polar surface area (TPSA) is 18.5 Å². The molecule has 1 unspecified atom stereocenters. The Morgan fingerprint density at radius 1 is 0.542 bits per heavy atom. The van der Waals surface area contributed by atoms with E-state index >= 15 is 13.2 Å². The molecule has 0 aromatic heterocycles. The first-order valence-electron chi connectivity index (χ1n) is 17.0. The third-order valence-electron chi connectivity index (χ3n) is 9.25. The molecule has 2 aliphatic carbocycles. The minimum atomic E-state index is -1.04. The van der Waals surface area contributed by atoms with Crippen LogP contribution in [-0.2, 0) is 0 Å². The molecule has 2 nitrogen and oxygen atoms in total. The van der Waals surface area contributed by atoms with Crippen molar-refractivity contribution in [2.45, 2.75) is 90.4 Å². The Balaban J connectivity index is 1.26. The molecule has 5 rings (SSSR count). The highest BCUT2D eigenvalue weighted by Gasteiger charge is 2.27. The van der Waals surface area contributed by atoms with E-state index in [1.807, 2.05) is 6.92 Å². The number of halogens is 6. The van der Waals surface area contributed by atoms with Crippen LogP contribution in [0, 0.1) is 34.9 Å². The molecular formula is C40H42F6O2. The molecule has 0 aliphatic heterocycles.